The molecule has 2 saturated heterocycles. The Labute approximate surface area is 144 Å². The molecule has 1 aromatic rings. The molecule has 0 aliphatic carbocycles. The normalized spacial score (nSPS) is 30.2. The summed E-state index contributed by atoms with van der Waals surface area (Å²) in [6.07, 6.45) is 1.08. The molecule has 2 heterocycles. The summed E-state index contributed by atoms with van der Waals surface area (Å²) in [5, 5.41) is 0. The first-order valence-corrected chi connectivity index (χ1v) is 10.1. The van der Waals surface area contributed by atoms with Gasteiger partial charge in [0.1, 0.15) is 0 Å². The molecule has 0 spiro atoms. The van der Waals surface area contributed by atoms with Crippen LogP contribution in [0.2, 0.25) is 0 Å². The van der Waals surface area contributed by atoms with E-state index in [1.54, 1.807) is 0 Å². The highest BCUT2D eigenvalue weighted by Gasteiger charge is 2.42. The number of benzene rings is 1. The molecule has 24 heavy (non-hydrogen) atoms. The third kappa shape index (κ3) is 4.34. The lowest BCUT2D eigenvalue weighted by atomic mass is 10.1. The third-order valence-corrected chi connectivity index (χ3v) is 6.43. The van der Waals surface area contributed by atoms with Crippen molar-refractivity contribution in [3.05, 3.63) is 35.9 Å². The van der Waals surface area contributed by atoms with E-state index >= 15 is 0 Å². The Morgan fingerprint density at radius 2 is 2.04 bits per heavy atom. The predicted molar refractivity (Wildman–Crippen MR) is 94.3 cm³/mol. The van der Waals surface area contributed by atoms with Crippen molar-refractivity contribution in [2.45, 2.75) is 31.2 Å². The summed E-state index contributed by atoms with van der Waals surface area (Å²) in [4.78, 5) is 4.52. The van der Waals surface area contributed by atoms with Crippen LogP contribution in [0.15, 0.2) is 30.3 Å². The van der Waals surface area contributed by atoms with Gasteiger partial charge in [-0.3, -0.25) is 4.90 Å². The van der Waals surface area contributed by atoms with Crippen LogP contribution in [-0.2, 0) is 21.4 Å². The van der Waals surface area contributed by atoms with E-state index in [4.69, 9.17) is 4.74 Å². The van der Waals surface area contributed by atoms with Crippen molar-refractivity contribution in [3.63, 3.8) is 0 Å². The van der Waals surface area contributed by atoms with Crippen molar-refractivity contribution in [2.24, 2.45) is 0 Å². The van der Waals surface area contributed by atoms with Crippen molar-refractivity contribution < 1.29 is 13.2 Å². The fourth-order valence-corrected chi connectivity index (χ4v) is 5.25. The standard InChI is InChI=1S/C17H27N3O3S/c1-19(2)15-8-9-20(10-15)17-13-24(21,22)18-16(17)12-23-11-14-6-4-3-5-7-14/h3-7,15-18H,8-13H2,1-2H3/t15-,16-,17+/m0/s1. The molecule has 1 N–H and O–H groups in total. The lowest BCUT2D eigenvalue weighted by molar-refractivity contribution is 0.0801. The molecule has 134 valence electrons. The minimum atomic E-state index is -3.20. The molecule has 1 aromatic carbocycles. The molecule has 0 saturated carbocycles. The predicted octanol–water partition coefficient (Wildman–Crippen LogP) is 0.509. The molecule has 0 bridgehead atoms. The van der Waals surface area contributed by atoms with Crippen LogP contribution in [0.5, 0.6) is 0 Å². The van der Waals surface area contributed by atoms with Gasteiger partial charge in [-0.15, -0.1) is 0 Å². The van der Waals surface area contributed by atoms with Gasteiger partial charge in [-0.2, -0.15) is 0 Å². The number of hydrogen-bond donors (Lipinski definition) is 1. The lowest BCUT2D eigenvalue weighted by Gasteiger charge is -2.28. The van der Waals surface area contributed by atoms with Crippen LogP contribution < -0.4 is 4.72 Å². The van der Waals surface area contributed by atoms with E-state index in [1.165, 1.54) is 0 Å². The molecule has 3 atom stereocenters. The fraction of sp³-hybridized carbons (Fsp3) is 0.647. The SMILES string of the molecule is CN(C)[C@H]1CCN([C@@H]2CS(=O)(=O)N[C@H]2COCc2ccccc2)C1. The van der Waals surface area contributed by atoms with Gasteiger partial charge >= 0.3 is 0 Å². The number of nitrogens with zero attached hydrogens (tertiary/aromatic N) is 2. The molecule has 6 nitrogen and oxygen atoms in total. The molecule has 2 fully saturated rings. The molecular formula is C17H27N3O3S. The summed E-state index contributed by atoms with van der Waals surface area (Å²) < 4.78 is 32.7. The second-order valence-corrected chi connectivity index (χ2v) is 8.77. The molecule has 2 aliphatic rings. The third-order valence-electron chi connectivity index (χ3n) is 4.99. The maximum atomic E-state index is 12.1. The van der Waals surface area contributed by atoms with E-state index < -0.39 is 10.0 Å². The first-order chi connectivity index (χ1) is 11.4. The topological polar surface area (TPSA) is 61.9 Å². The zero-order chi connectivity index (χ0) is 17.2. The second-order valence-electron chi connectivity index (χ2n) is 6.97. The van der Waals surface area contributed by atoms with Crippen LogP contribution in [0.25, 0.3) is 0 Å². The van der Waals surface area contributed by atoms with Crippen LogP contribution in [0, 0.1) is 0 Å². The summed E-state index contributed by atoms with van der Waals surface area (Å²) in [5.41, 5.74) is 1.10. The van der Waals surface area contributed by atoms with Gasteiger partial charge in [0.2, 0.25) is 10.0 Å². The summed E-state index contributed by atoms with van der Waals surface area (Å²) in [6, 6.07) is 10.3. The highest BCUT2D eigenvalue weighted by Crippen LogP contribution is 2.23. The van der Waals surface area contributed by atoms with Gasteiger partial charge in [0.15, 0.2) is 0 Å². The minimum Gasteiger partial charge on any atom is -0.375 e. The molecule has 7 heteroatoms. The number of ether oxygens (including phenoxy) is 1. The van der Waals surface area contributed by atoms with E-state index in [1.807, 2.05) is 30.3 Å². The van der Waals surface area contributed by atoms with Crippen LogP contribution in [0.1, 0.15) is 12.0 Å². The highest BCUT2D eigenvalue weighted by atomic mass is 32.2. The Hall–Kier alpha value is -0.990. The molecule has 0 aromatic heterocycles. The Balaban J connectivity index is 1.58. The highest BCUT2D eigenvalue weighted by molar-refractivity contribution is 7.89. The summed E-state index contributed by atoms with van der Waals surface area (Å²) in [6.45, 7) is 2.78. The smallest absolute Gasteiger partial charge is 0.213 e. The number of rotatable bonds is 6. The van der Waals surface area contributed by atoms with Gasteiger partial charge in [-0.1, -0.05) is 30.3 Å². The maximum Gasteiger partial charge on any atom is 0.213 e. The summed E-state index contributed by atoms with van der Waals surface area (Å²) >= 11 is 0. The van der Waals surface area contributed by atoms with Crippen LogP contribution in [0.4, 0.5) is 0 Å². The van der Waals surface area contributed by atoms with Crippen molar-refractivity contribution in [3.8, 4) is 0 Å². The largest absolute Gasteiger partial charge is 0.375 e. The van der Waals surface area contributed by atoms with Crippen molar-refractivity contribution in [1.82, 2.24) is 14.5 Å². The average Bonchev–Trinajstić information content (AvgIpc) is 3.13. The molecule has 2 aliphatic heterocycles. The maximum absolute atomic E-state index is 12.1. The van der Waals surface area contributed by atoms with Crippen molar-refractivity contribution in [1.29, 1.82) is 0 Å². The molecule has 3 rings (SSSR count). The van der Waals surface area contributed by atoms with Crippen LogP contribution >= 0.6 is 0 Å². The summed E-state index contributed by atoms with van der Waals surface area (Å²) in [5.74, 6) is 0.173. The minimum absolute atomic E-state index is 0.00396. The molecule has 0 amide bonds. The number of likely N-dealkylation sites (N-methyl/N-ethyl adjacent to an activating group) is 1. The van der Waals surface area contributed by atoms with E-state index in [0.717, 1.165) is 25.1 Å². The van der Waals surface area contributed by atoms with Crippen molar-refractivity contribution >= 4 is 10.0 Å². The van der Waals surface area contributed by atoms with Gasteiger partial charge in [0.25, 0.3) is 0 Å². The van der Waals surface area contributed by atoms with E-state index in [0.29, 0.717) is 19.3 Å². The summed E-state index contributed by atoms with van der Waals surface area (Å²) in [7, 11) is 0.963. The fourth-order valence-electron chi connectivity index (χ4n) is 3.57. The number of sulfonamides is 1. The lowest BCUT2D eigenvalue weighted by Crippen LogP contribution is -2.47. The van der Waals surface area contributed by atoms with E-state index in [9.17, 15) is 8.42 Å². The Morgan fingerprint density at radius 3 is 2.71 bits per heavy atom. The van der Waals surface area contributed by atoms with Gasteiger partial charge in [-0.25, -0.2) is 13.1 Å². The van der Waals surface area contributed by atoms with Gasteiger partial charge in [0, 0.05) is 25.2 Å². The monoisotopic (exact) mass is 353 g/mol. The molecular weight excluding hydrogens is 326 g/mol. The van der Waals surface area contributed by atoms with Gasteiger partial charge in [-0.05, 0) is 26.1 Å². The Kier molecular flexibility index (Phi) is 5.56. The number of hydrogen-bond acceptors (Lipinski definition) is 5. The quantitative estimate of drug-likeness (QED) is 0.807. The number of likely N-dealkylation sites (tertiary alicyclic amines) is 1. The Bertz CT molecular complexity index is 636. The first-order valence-electron chi connectivity index (χ1n) is 8.47. The second kappa shape index (κ2) is 7.49. The van der Waals surface area contributed by atoms with Gasteiger partial charge in [0.05, 0.1) is 25.0 Å². The zero-order valence-electron chi connectivity index (χ0n) is 14.4. The van der Waals surface area contributed by atoms with Crippen LogP contribution in [0.3, 0.4) is 0 Å². The zero-order valence-corrected chi connectivity index (χ0v) is 15.2. The van der Waals surface area contributed by atoms with E-state index in [2.05, 4.69) is 28.6 Å². The molecule has 0 radical (unpaired) electrons. The average molecular weight is 353 g/mol. The van der Waals surface area contributed by atoms with Gasteiger partial charge < -0.3 is 9.64 Å². The first kappa shape index (κ1) is 17.8. The Morgan fingerprint density at radius 1 is 1.29 bits per heavy atom. The number of nitrogens with one attached hydrogen (secondary N) is 1. The van der Waals surface area contributed by atoms with Crippen LogP contribution in [-0.4, -0.2) is 75.9 Å². The van der Waals surface area contributed by atoms with E-state index in [-0.39, 0.29) is 17.8 Å². The van der Waals surface area contributed by atoms with Crippen molar-refractivity contribution in [2.75, 3.05) is 39.5 Å². The molecule has 0 unspecified atom stereocenters.